The fourth-order valence-corrected chi connectivity index (χ4v) is 1.41. The lowest BCUT2D eigenvalue weighted by atomic mass is 10.2. The van der Waals surface area contributed by atoms with Crippen molar-refractivity contribution in [2.45, 2.75) is 32.4 Å². The molecule has 5 heteroatoms. The highest BCUT2D eigenvalue weighted by Gasteiger charge is 2.25. The van der Waals surface area contributed by atoms with Gasteiger partial charge in [0.25, 0.3) is 0 Å². The lowest BCUT2D eigenvalue weighted by molar-refractivity contribution is -0.145. The minimum absolute atomic E-state index is 0.0264. The standard InChI is InChI=1S/C9H16N2O3/c1-3-14-9(13)6(2)11-7-4-8(12)10-5-7/h6-7,11H,3-5H2,1-2H3,(H,10,12). The van der Waals surface area contributed by atoms with Crippen LogP contribution in [0, 0.1) is 0 Å². The highest BCUT2D eigenvalue weighted by molar-refractivity contribution is 5.79. The Kier molecular flexibility index (Phi) is 3.88. The maximum absolute atomic E-state index is 11.2. The van der Waals surface area contributed by atoms with Crippen LogP contribution in [0.15, 0.2) is 0 Å². The molecule has 0 saturated carbocycles. The average Bonchev–Trinajstić information content (AvgIpc) is 2.51. The predicted molar refractivity (Wildman–Crippen MR) is 50.6 cm³/mol. The predicted octanol–water partition coefficient (Wildman–Crippen LogP) is -0.584. The summed E-state index contributed by atoms with van der Waals surface area (Å²) in [6.45, 7) is 4.47. The second-order valence-corrected chi connectivity index (χ2v) is 3.35. The van der Waals surface area contributed by atoms with E-state index in [4.69, 9.17) is 4.74 Å². The van der Waals surface area contributed by atoms with Crippen LogP contribution in [0.1, 0.15) is 20.3 Å². The Labute approximate surface area is 83.2 Å². The minimum atomic E-state index is -0.354. The molecule has 1 aliphatic heterocycles. The van der Waals surface area contributed by atoms with Gasteiger partial charge < -0.3 is 10.1 Å². The average molecular weight is 200 g/mol. The maximum atomic E-state index is 11.2. The summed E-state index contributed by atoms with van der Waals surface area (Å²) in [5, 5.41) is 5.73. The number of rotatable bonds is 4. The summed E-state index contributed by atoms with van der Waals surface area (Å²) in [6, 6.07) is -0.311. The van der Waals surface area contributed by atoms with Gasteiger partial charge in [-0.25, -0.2) is 0 Å². The van der Waals surface area contributed by atoms with Crippen molar-refractivity contribution >= 4 is 11.9 Å². The van der Waals surface area contributed by atoms with E-state index in [0.717, 1.165) is 0 Å². The molecule has 0 aromatic carbocycles. The van der Waals surface area contributed by atoms with E-state index >= 15 is 0 Å². The third kappa shape index (κ3) is 2.99. The van der Waals surface area contributed by atoms with Crippen LogP contribution in [0.3, 0.4) is 0 Å². The summed E-state index contributed by atoms with van der Waals surface area (Å²) in [4.78, 5) is 22.1. The second kappa shape index (κ2) is 4.95. The number of esters is 1. The van der Waals surface area contributed by atoms with Crippen molar-refractivity contribution in [2.24, 2.45) is 0 Å². The van der Waals surface area contributed by atoms with Gasteiger partial charge in [-0.05, 0) is 13.8 Å². The topological polar surface area (TPSA) is 67.4 Å². The lowest BCUT2D eigenvalue weighted by Gasteiger charge is -2.16. The van der Waals surface area contributed by atoms with Gasteiger partial charge in [-0.3, -0.25) is 14.9 Å². The Morgan fingerprint density at radius 2 is 2.50 bits per heavy atom. The minimum Gasteiger partial charge on any atom is -0.465 e. The van der Waals surface area contributed by atoms with Crippen LogP contribution in [-0.2, 0) is 14.3 Å². The Morgan fingerprint density at radius 3 is 3.00 bits per heavy atom. The molecule has 1 amide bonds. The number of nitrogens with one attached hydrogen (secondary N) is 2. The number of amides is 1. The van der Waals surface area contributed by atoms with E-state index in [1.165, 1.54) is 0 Å². The Bertz CT molecular complexity index is 230. The molecule has 0 bridgehead atoms. The summed E-state index contributed by atoms with van der Waals surface area (Å²) in [5.74, 6) is -0.245. The van der Waals surface area contributed by atoms with Crippen LogP contribution in [-0.4, -0.2) is 37.1 Å². The Morgan fingerprint density at radius 1 is 1.79 bits per heavy atom. The zero-order chi connectivity index (χ0) is 10.6. The number of carbonyl (C=O) groups is 2. The van der Waals surface area contributed by atoms with Crippen molar-refractivity contribution in [3.63, 3.8) is 0 Å². The molecule has 0 aromatic heterocycles. The quantitative estimate of drug-likeness (QED) is 0.596. The first-order valence-corrected chi connectivity index (χ1v) is 4.83. The molecular formula is C9H16N2O3. The molecule has 1 fully saturated rings. The summed E-state index contributed by atoms with van der Waals surface area (Å²) in [7, 11) is 0. The van der Waals surface area contributed by atoms with Crippen LogP contribution >= 0.6 is 0 Å². The van der Waals surface area contributed by atoms with Gasteiger partial charge in [0.1, 0.15) is 6.04 Å². The third-order valence-corrected chi connectivity index (χ3v) is 2.10. The molecule has 5 nitrogen and oxygen atoms in total. The van der Waals surface area contributed by atoms with Crippen molar-refractivity contribution < 1.29 is 14.3 Å². The number of ether oxygens (including phenoxy) is 1. The van der Waals surface area contributed by atoms with Crippen molar-refractivity contribution in [3.05, 3.63) is 0 Å². The number of carbonyl (C=O) groups excluding carboxylic acids is 2. The SMILES string of the molecule is CCOC(=O)C(C)NC1CNC(=O)C1. The molecule has 0 aromatic rings. The molecule has 2 unspecified atom stereocenters. The van der Waals surface area contributed by atoms with Crippen LogP contribution in [0.25, 0.3) is 0 Å². The first kappa shape index (κ1) is 11.0. The molecule has 0 radical (unpaired) electrons. The van der Waals surface area contributed by atoms with Gasteiger partial charge in [-0.2, -0.15) is 0 Å². The van der Waals surface area contributed by atoms with Crippen molar-refractivity contribution in [1.82, 2.24) is 10.6 Å². The highest BCUT2D eigenvalue weighted by atomic mass is 16.5. The van der Waals surface area contributed by atoms with Gasteiger partial charge in [0.05, 0.1) is 6.61 Å². The van der Waals surface area contributed by atoms with Crippen LogP contribution in [0.4, 0.5) is 0 Å². The molecule has 2 N–H and O–H groups in total. The monoisotopic (exact) mass is 200 g/mol. The first-order valence-electron chi connectivity index (χ1n) is 4.83. The molecule has 14 heavy (non-hydrogen) atoms. The molecule has 1 heterocycles. The zero-order valence-electron chi connectivity index (χ0n) is 8.50. The smallest absolute Gasteiger partial charge is 0.322 e. The molecule has 2 atom stereocenters. The summed E-state index contributed by atoms with van der Waals surface area (Å²) < 4.78 is 4.83. The Balaban J connectivity index is 2.29. The molecular weight excluding hydrogens is 184 g/mol. The van der Waals surface area contributed by atoms with Gasteiger partial charge in [-0.1, -0.05) is 0 Å². The molecule has 1 aliphatic rings. The fourth-order valence-electron chi connectivity index (χ4n) is 1.41. The van der Waals surface area contributed by atoms with Gasteiger partial charge in [-0.15, -0.1) is 0 Å². The normalized spacial score (nSPS) is 23.0. The van der Waals surface area contributed by atoms with Gasteiger partial charge in [0, 0.05) is 19.0 Å². The van der Waals surface area contributed by atoms with Gasteiger partial charge in [0.2, 0.25) is 5.91 Å². The highest BCUT2D eigenvalue weighted by Crippen LogP contribution is 2.01. The second-order valence-electron chi connectivity index (χ2n) is 3.35. The first-order chi connectivity index (χ1) is 6.63. The maximum Gasteiger partial charge on any atom is 0.322 e. The molecule has 1 rings (SSSR count). The summed E-state index contributed by atoms with van der Waals surface area (Å²) in [6.07, 6.45) is 0.434. The van der Waals surface area contributed by atoms with Crippen LogP contribution in [0.2, 0.25) is 0 Å². The largest absolute Gasteiger partial charge is 0.465 e. The molecule has 0 aliphatic carbocycles. The van der Waals surface area contributed by atoms with E-state index in [-0.39, 0.29) is 24.0 Å². The molecule has 80 valence electrons. The molecule has 0 spiro atoms. The van der Waals surface area contributed by atoms with E-state index in [1.54, 1.807) is 13.8 Å². The third-order valence-electron chi connectivity index (χ3n) is 2.10. The van der Waals surface area contributed by atoms with E-state index in [0.29, 0.717) is 19.6 Å². The summed E-state index contributed by atoms with van der Waals surface area (Å²) in [5.41, 5.74) is 0. The Hall–Kier alpha value is -1.10. The zero-order valence-corrected chi connectivity index (χ0v) is 8.50. The number of hydrogen-bond acceptors (Lipinski definition) is 4. The summed E-state index contributed by atoms with van der Waals surface area (Å²) >= 11 is 0. The van der Waals surface area contributed by atoms with Gasteiger partial charge in [0.15, 0.2) is 0 Å². The molecule has 1 saturated heterocycles. The lowest BCUT2D eigenvalue weighted by Crippen LogP contribution is -2.43. The van der Waals surface area contributed by atoms with Crippen molar-refractivity contribution in [1.29, 1.82) is 0 Å². The van der Waals surface area contributed by atoms with Gasteiger partial charge >= 0.3 is 5.97 Å². The fraction of sp³-hybridized carbons (Fsp3) is 0.778. The van der Waals surface area contributed by atoms with Crippen molar-refractivity contribution in [2.75, 3.05) is 13.2 Å². The van der Waals surface area contributed by atoms with Crippen LogP contribution < -0.4 is 10.6 Å². The van der Waals surface area contributed by atoms with E-state index in [9.17, 15) is 9.59 Å². The van der Waals surface area contributed by atoms with E-state index < -0.39 is 0 Å². The number of hydrogen-bond donors (Lipinski definition) is 2. The van der Waals surface area contributed by atoms with E-state index in [1.807, 2.05) is 0 Å². The van der Waals surface area contributed by atoms with Crippen molar-refractivity contribution in [3.8, 4) is 0 Å². The van der Waals surface area contributed by atoms with Crippen LogP contribution in [0.5, 0.6) is 0 Å². The van der Waals surface area contributed by atoms with E-state index in [2.05, 4.69) is 10.6 Å².